The Morgan fingerprint density at radius 3 is 2.88 bits per heavy atom. The second-order valence-corrected chi connectivity index (χ2v) is 4.93. The summed E-state index contributed by atoms with van der Waals surface area (Å²) < 4.78 is 5.18. The first-order chi connectivity index (χ1) is 8.13. The molecule has 0 bridgehead atoms. The standard InChI is InChI=1S/C12H24N2O3/c1-10(2)9-17-12(16)14(6-7-15)8-11-4-3-5-13-11/h10-11,13,15H,3-9H2,1-2H3. The predicted octanol–water partition coefficient (Wildman–Crippen LogP) is 0.825. The highest BCUT2D eigenvalue weighted by atomic mass is 16.6. The molecule has 5 nitrogen and oxygen atoms in total. The van der Waals surface area contributed by atoms with Gasteiger partial charge in [-0.05, 0) is 25.3 Å². The zero-order chi connectivity index (χ0) is 12.7. The Balaban J connectivity index is 2.37. The summed E-state index contributed by atoms with van der Waals surface area (Å²) in [5.41, 5.74) is 0. The van der Waals surface area contributed by atoms with Gasteiger partial charge < -0.3 is 20.1 Å². The van der Waals surface area contributed by atoms with Crippen molar-refractivity contribution in [3.05, 3.63) is 0 Å². The molecule has 1 amide bonds. The van der Waals surface area contributed by atoms with Crippen LogP contribution in [0.4, 0.5) is 4.79 Å². The van der Waals surface area contributed by atoms with Crippen LogP contribution in [-0.4, -0.2) is 55.0 Å². The van der Waals surface area contributed by atoms with Gasteiger partial charge in [-0.25, -0.2) is 4.79 Å². The molecule has 2 N–H and O–H groups in total. The Labute approximate surface area is 103 Å². The summed E-state index contributed by atoms with van der Waals surface area (Å²) >= 11 is 0. The van der Waals surface area contributed by atoms with Gasteiger partial charge in [0.25, 0.3) is 0 Å². The molecule has 1 atom stereocenters. The van der Waals surface area contributed by atoms with Gasteiger partial charge >= 0.3 is 6.09 Å². The van der Waals surface area contributed by atoms with E-state index in [0.717, 1.165) is 19.4 Å². The van der Waals surface area contributed by atoms with Crippen molar-refractivity contribution in [1.29, 1.82) is 0 Å². The van der Waals surface area contributed by atoms with Crippen LogP contribution in [0, 0.1) is 5.92 Å². The molecule has 0 saturated carbocycles. The fourth-order valence-corrected chi connectivity index (χ4v) is 1.89. The predicted molar refractivity (Wildman–Crippen MR) is 65.9 cm³/mol. The zero-order valence-corrected chi connectivity index (χ0v) is 10.8. The third-order valence-corrected chi connectivity index (χ3v) is 2.77. The normalized spacial score (nSPS) is 19.6. The molecule has 1 aliphatic heterocycles. The molecular weight excluding hydrogens is 220 g/mol. The first-order valence-electron chi connectivity index (χ1n) is 6.39. The SMILES string of the molecule is CC(C)COC(=O)N(CCO)CC1CCCN1. The molecule has 1 fully saturated rings. The van der Waals surface area contributed by atoms with E-state index in [1.165, 1.54) is 0 Å². The van der Waals surface area contributed by atoms with Crippen LogP contribution >= 0.6 is 0 Å². The number of aliphatic hydroxyl groups is 1. The molecule has 1 heterocycles. The van der Waals surface area contributed by atoms with Crippen molar-refractivity contribution in [2.45, 2.75) is 32.7 Å². The van der Waals surface area contributed by atoms with E-state index in [4.69, 9.17) is 9.84 Å². The minimum atomic E-state index is -0.318. The van der Waals surface area contributed by atoms with Crippen molar-refractivity contribution in [3.63, 3.8) is 0 Å². The lowest BCUT2D eigenvalue weighted by atomic mass is 10.2. The Bertz CT molecular complexity index is 228. The molecule has 1 aliphatic rings. The Hall–Kier alpha value is -0.810. The number of hydrogen-bond acceptors (Lipinski definition) is 4. The van der Waals surface area contributed by atoms with Crippen LogP contribution in [0.5, 0.6) is 0 Å². The molecule has 5 heteroatoms. The fraction of sp³-hybridized carbons (Fsp3) is 0.917. The largest absolute Gasteiger partial charge is 0.449 e. The van der Waals surface area contributed by atoms with Gasteiger partial charge in [0.05, 0.1) is 13.2 Å². The van der Waals surface area contributed by atoms with E-state index in [2.05, 4.69) is 5.32 Å². The summed E-state index contributed by atoms with van der Waals surface area (Å²) in [6.07, 6.45) is 1.92. The molecule has 17 heavy (non-hydrogen) atoms. The fourth-order valence-electron chi connectivity index (χ4n) is 1.89. The summed E-state index contributed by atoms with van der Waals surface area (Å²) in [7, 11) is 0. The van der Waals surface area contributed by atoms with Crippen LogP contribution < -0.4 is 5.32 Å². The zero-order valence-electron chi connectivity index (χ0n) is 10.8. The minimum absolute atomic E-state index is 0.0243. The maximum absolute atomic E-state index is 11.8. The Morgan fingerprint density at radius 2 is 2.35 bits per heavy atom. The number of aliphatic hydroxyl groups excluding tert-OH is 1. The number of amides is 1. The first-order valence-corrected chi connectivity index (χ1v) is 6.39. The van der Waals surface area contributed by atoms with Crippen molar-refractivity contribution in [1.82, 2.24) is 10.2 Å². The summed E-state index contributed by atoms with van der Waals surface area (Å²) in [4.78, 5) is 13.4. The van der Waals surface area contributed by atoms with Crippen molar-refractivity contribution in [3.8, 4) is 0 Å². The van der Waals surface area contributed by atoms with Gasteiger partial charge in [-0.3, -0.25) is 0 Å². The second-order valence-electron chi connectivity index (χ2n) is 4.93. The first kappa shape index (κ1) is 14.3. The van der Waals surface area contributed by atoms with E-state index in [1.807, 2.05) is 13.8 Å². The maximum Gasteiger partial charge on any atom is 0.409 e. The monoisotopic (exact) mass is 244 g/mol. The number of nitrogens with one attached hydrogen (secondary N) is 1. The third-order valence-electron chi connectivity index (χ3n) is 2.77. The second kappa shape index (κ2) is 7.50. The molecule has 0 aromatic carbocycles. The number of rotatable bonds is 6. The maximum atomic E-state index is 11.8. The lowest BCUT2D eigenvalue weighted by Gasteiger charge is -2.24. The highest BCUT2D eigenvalue weighted by Gasteiger charge is 2.22. The molecule has 0 aliphatic carbocycles. The van der Waals surface area contributed by atoms with Gasteiger partial charge in [-0.1, -0.05) is 13.8 Å². The minimum Gasteiger partial charge on any atom is -0.449 e. The molecular formula is C12H24N2O3. The van der Waals surface area contributed by atoms with E-state index >= 15 is 0 Å². The summed E-state index contributed by atoms with van der Waals surface area (Å²) in [6, 6.07) is 0.341. The van der Waals surface area contributed by atoms with Gasteiger partial charge in [0, 0.05) is 19.1 Å². The average molecular weight is 244 g/mol. The third kappa shape index (κ3) is 5.37. The van der Waals surface area contributed by atoms with Crippen LogP contribution in [0.2, 0.25) is 0 Å². The van der Waals surface area contributed by atoms with Gasteiger partial charge in [-0.15, -0.1) is 0 Å². The quantitative estimate of drug-likeness (QED) is 0.726. The number of carbonyl (C=O) groups excluding carboxylic acids is 1. The van der Waals surface area contributed by atoms with E-state index in [1.54, 1.807) is 4.90 Å². The Morgan fingerprint density at radius 1 is 1.59 bits per heavy atom. The molecule has 0 radical (unpaired) electrons. The van der Waals surface area contributed by atoms with Crippen molar-refractivity contribution < 1.29 is 14.6 Å². The van der Waals surface area contributed by atoms with E-state index in [-0.39, 0.29) is 12.7 Å². The smallest absolute Gasteiger partial charge is 0.409 e. The van der Waals surface area contributed by atoms with Crippen LogP contribution in [0.25, 0.3) is 0 Å². The number of hydrogen-bond donors (Lipinski definition) is 2. The number of carbonyl (C=O) groups is 1. The lowest BCUT2D eigenvalue weighted by molar-refractivity contribution is 0.0820. The van der Waals surface area contributed by atoms with Crippen LogP contribution in [0.1, 0.15) is 26.7 Å². The van der Waals surface area contributed by atoms with Crippen LogP contribution in [0.15, 0.2) is 0 Å². The molecule has 0 aromatic rings. The Kier molecular flexibility index (Phi) is 6.29. The van der Waals surface area contributed by atoms with E-state index in [9.17, 15) is 4.79 Å². The van der Waals surface area contributed by atoms with Crippen LogP contribution in [-0.2, 0) is 4.74 Å². The highest BCUT2D eigenvalue weighted by Crippen LogP contribution is 2.08. The molecule has 0 aromatic heterocycles. The molecule has 100 valence electrons. The van der Waals surface area contributed by atoms with E-state index < -0.39 is 0 Å². The molecule has 1 unspecified atom stereocenters. The van der Waals surface area contributed by atoms with Gasteiger partial charge in [0.2, 0.25) is 0 Å². The van der Waals surface area contributed by atoms with E-state index in [0.29, 0.717) is 31.7 Å². The molecule has 1 saturated heterocycles. The van der Waals surface area contributed by atoms with Gasteiger partial charge in [-0.2, -0.15) is 0 Å². The van der Waals surface area contributed by atoms with Crippen molar-refractivity contribution in [2.75, 3.05) is 32.8 Å². The molecule has 1 rings (SSSR count). The van der Waals surface area contributed by atoms with Crippen molar-refractivity contribution >= 4 is 6.09 Å². The summed E-state index contributed by atoms with van der Waals surface area (Å²) in [5.74, 6) is 0.333. The highest BCUT2D eigenvalue weighted by molar-refractivity contribution is 5.67. The van der Waals surface area contributed by atoms with Crippen molar-refractivity contribution in [2.24, 2.45) is 5.92 Å². The topological polar surface area (TPSA) is 61.8 Å². The number of nitrogens with zero attached hydrogens (tertiary/aromatic N) is 1. The average Bonchev–Trinajstić information content (AvgIpc) is 2.78. The number of ether oxygens (including phenoxy) is 1. The lowest BCUT2D eigenvalue weighted by Crippen LogP contribution is -2.43. The van der Waals surface area contributed by atoms with Gasteiger partial charge in [0.1, 0.15) is 0 Å². The summed E-state index contributed by atoms with van der Waals surface area (Å²) in [6.45, 7) is 6.39. The summed E-state index contributed by atoms with van der Waals surface area (Å²) in [5, 5.41) is 12.3. The molecule has 0 spiro atoms. The van der Waals surface area contributed by atoms with Crippen LogP contribution in [0.3, 0.4) is 0 Å². The van der Waals surface area contributed by atoms with Gasteiger partial charge in [0.15, 0.2) is 0 Å².